The largest absolute Gasteiger partial charge is 0.326 e. The molecule has 170 valence electrons. The van der Waals surface area contributed by atoms with Gasteiger partial charge in [0.1, 0.15) is 9.46 Å². The molecular formula is C22H18ClN3O4S3. The molecule has 33 heavy (non-hydrogen) atoms. The predicted molar refractivity (Wildman–Crippen MR) is 134 cm³/mol. The van der Waals surface area contributed by atoms with Crippen LogP contribution in [0.2, 0.25) is 4.34 Å². The van der Waals surface area contributed by atoms with Crippen LogP contribution < -0.4 is 10.2 Å². The first kappa shape index (κ1) is 23.5. The predicted octanol–water partition coefficient (Wildman–Crippen LogP) is 4.93. The second kappa shape index (κ2) is 9.68. The van der Waals surface area contributed by atoms with E-state index in [0.29, 0.717) is 15.7 Å². The summed E-state index contributed by atoms with van der Waals surface area (Å²) in [6, 6.07) is 18.8. The Bertz CT molecular complexity index is 1340. The molecule has 1 aliphatic rings. The third-order valence-corrected chi connectivity index (χ3v) is 8.96. The fourth-order valence-corrected chi connectivity index (χ4v) is 6.94. The number of nitrogens with one attached hydrogen (secondary N) is 1. The summed E-state index contributed by atoms with van der Waals surface area (Å²) < 4.78 is 29.9. The first-order valence-electron chi connectivity index (χ1n) is 9.76. The maximum atomic E-state index is 13.2. The number of halogens is 1. The number of carbonyl (C=O) groups is 2. The van der Waals surface area contributed by atoms with Crippen molar-refractivity contribution in [3.63, 3.8) is 0 Å². The molecule has 1 atom stereocenters. The number of hydrogen-bond donors (Lipinski definition) is 1. The number of rotatable bonds is 6. The molecular weight excluding hydrogens is 502 g/mol. The molecule has 2 aromatic carbocycles. The average Bonchev–Trinajstić information content (AvgIpc) is 3.34. The van der Waals surface area contributed by atoms with Crippen LogP contribution in [0.1, 0.15) is 12.0 Å². The SMILES string of the molecule is Cc1ccccc1NC(=O)CC1S/C(=N\S(=O)(=O)c2ccc(Cl)s2)N(c2ccccc2)C1=O. The van der Waals surface area contributed by atoms with Crippen LogP contribution in [0, 0.1) is 6.92 Å². The average molecular weight is 520 g/mol. The fourth-order valence-electron chi connectivity index (χ4n) is 3.14. The van der Waals surface area contributed by atoms with Crippen molar-refractivity contribution in [3.8, 4) is 0 Å². The molecule has 4 rings (SSSR count). The van der Waals surface area contributed by atoms with E-state index in [1.54, 1.807) is 36.4 Å². The Hall–Kier alpha value is -2.66. The van der Waals surface area contributed by atoms with Crippen LogP contribution in [-0.4, -0.2) is 30.6 Å². The van der Waals surface area contributed by atoms with Crippen molar-refractivity contribution in [3.05, 3.63) is 76.6 Å². The molecule has 11 heteroatoms. The Labute approximate surface area is 204 Å². The summed E-state index contributed by atoms with van der Waals surface area (Å²) >= 11 is 7.71. The molecule has 1 aliphatic heterocycles. The van der Waals surface area contributed by atoms with Gasteiger partial charge in [0.25, 0.3) is 10.0 Å². The van der Waals surface area contributed by atoms with Crippen LogP contribution in [0.25, 0.3) is 0 Å². The summed E-state index contributed by atoms with van der Waals surface area (Å²) in [5.41, 5.74) is 2.02. The zero-order valence-corrected chi connectivity index (χ0v) is 20.5. The van der Waals surface area contributed by atoms with Gasteiger partial charge in [-0.15, -0.1) is 15.7 Å². The Morgan fingerprint density at radius 1 is 1.09 bits per heavy atom. The van der Waals surface area contributed by atoms with E-state index >= 15 is 0 Å². The Morgan fingerprint density at radius 3 is 2.45 bits per heavy atom. The van der Waals surface area contributed by atoms with E-state index in [1.165, 1.54) is 17.0 Å². The Kier molecular flexibility index (Phi) is 6.89. The van der Waals surface area contributed by atoms with Crippen LogP contribution in [0.5, 0.6) is 0 Å². The summed E-state index contributed by atoms with van der Waals surface area (Å²) in [7, 11) is -4.09. The van der Waals surface area contributed by atoms with E-state index < -0.39 is 21.2 Å². The molecule has 3 aromatic rings. The maximum Gasteiger partial charge on any atom is 0.294 e. The molecule has 2 amide bonds. The molecule has 0 aliphatic carbocycles. The Morgan fingerprint density at radius 2 is 1.79 bits per heavy atom. The van der Waals surface area contributed by atoms with E-state index in [9.17, 15) is 18.0 Å². The molecule has 0 bridgehead atoms. The molecule has 1 aromatic heterocycles. The molecule has 1 saturated heterocycles. The van der Waals surface area contributed by atoms with Gasteiger partial charge in [0.2, 0.25) is 11.8 Å². The second-order valence-corrected chi connectivity index (χ2v) is 11.8. The van der Waals surface area contributed by atoms with Crippen molar-refractivity contribution in [2.75, 3.05) is 10.2 Å². The van der Waals surface area contributed by atoms with E-state index in [4.69, 9.17) is 11.6 Å². The highest BCUT2D eigenvalue weighted by Gasteiger charge is 2.41. The summed E-state index contributed by atoms with van der Waals surface area (Å²) in [6.07, 6.45) is -0.134. The zero-order valence-electron chi connectivity index (χ0n) is 17.3. The van der Waals surface area contributed by atoms with Gasteiger partial charge < -0.3 is 5.32 Å². The van der Waals surface area contributed by atoms with Gasteiger partial charge in [-0.1, -0.05) is 59.8 Å². The number of amidine groups is 1. The minimum absolute atomic E-state index is 0.00980. The summed E-state index contributed by atoms with van der Waals surface area (Å²) in [4.78, 5) is 27.1. The van der Waals surface area contributed by atoms with Gasteiger partial charge in [0.15, 0.2) is 5.17 Å². The molecule has 7 nitrogen and oxygen atoms in total. The van der Waals surface area contributed by atoms with Gasteiger partial charge in [0.05, 0.1) is 10.0 Å². The lowest BCUT2D eigenvalue weighted by Crippen LogP contribution is -2.33. The number of anilines is 2. The highest BCUT2D eigenvalue weighted by atomic mass is 35.5. The summed E-state index contributed by atoms with van der Waals surface area (Å²) in [5.74, 6) is -0.762. The maximum absolute atomic E-state index is 13.2. The molecule has 1 unspecified atom stereocenters. The van der Waals surface area contributed by atoms with Gasteiger partial charge in [-0.2, -0.15) is 8.42 Å². The van der Waals surface area contributed by atoms with Crippen LogP contribution in [-0.2, 0) is 19.6 Å². The number of hydrogen-bond acceptors (Lipinski definition) is 6. The molecule has 2 heterocycles. The van der Waals surface area contributed by atoms with Gasteiger partial charge in [-0.25, -0.2) is 0 Å². The topological polar surface area (TPSA) is 95.9 Å². The Balaban J connectivity index is 1.62. The minimum Gasteiger partial charge on any atom is -0.326 e. The van der Waals surface area contributed by atoms with Crippen LogP contribution in [0.3, 0.4) is 0 Å². The van der Waals surface area contributed by atoms with Crippen molar-refractivity contribution < 1.29 is 18.0 Å². The molecule has 1 fully saturated rings. The number of thiophene rings is 1. The number of aryl methyl sites for hydroxylation is 1. The number of benzene rings is 2. The lowest BCUT2D eigenvalue weighted by atomic mass is 10.2. The van der Waals surface area contributed by atoms with Crippen molar-refractivity contribution in [1.29, 1.82) is 0 Å². The van der Waals surface area contributed by atoms with Gasteiger partial charge in [-0.3, -0.25) is 14.5 Å². The third-order valence-electron chi connectivity index (χ3n) is 4.74. The number of sulfonamides is 1. The monoisotopic (exact) mass is 519 g/mol. The van der Waals surface area contributed by atoms with Gasteiger partial charge >= 0.3 is 0 Å². The van der Waals surface area contributed by atoms with Crippen molar-refractivity contribution in [2.24, 2.45) is 4.40 Å². The molecule has 0 spiro atoms. The minimum atomic E-state index is -4.09. The highest BCUT2D eigenvalue weighted by molar-refractivity contribution is 8.16. The van der Waals surface area contributed by atoms with E-state index in [1.807, 2.05) is 25.1 Å². The van der Waals surface area contributed by atoms with Crippen LogP contribution in [0.15, 0.2) is 75.3 Å². The first-order chi connectivity index (χ1) is 15.7. The third kappa shape index (κ3) is 5.30. The van der Waals surface area contributed by atoms with Crippen molar-refractivity contribution in [1.82, 2.24) is 0 Å². The number of thioether (sulfide) groups is 1. The van der Waals surface area contributed by atoms with Crippen molar-refractivity contribution in [2.45, 2.75) is 22.8 Å². The highest BCUT2D eigenvalue weighted by Crippen LogP contribution is 2.36. The van der Waals surface area contributed by atoms with Crippen LogP contribution in [0.4, 0.5) is 11.4 Å². The standard InChI is InChI=1S/C22H18ClN3O4S3/c1-14-7-5-6-10-16(14)24-19(27)13-17-21(28)26(15-8-3-2-4-9-15)22(31-17)25-33(29,30)20-12-11-18(23)32-20/h2-12,17H,13H2,1H3,(H,24,27)/b25-22-. The quantitative estimate of drug-likeness (QED) is 0.498. The number of nitrogens with zero attached hydrogens (tertiary/aromatic N) is 2. The second-order valence-electron chi connectivity index (χ2n) is 7.09. The number of carbonyl (C=O) groups excluding carboxylic acids is 2. The van der Waals surface area contributed by atoms with Gasteiger partial charge in [0, 0.05) is 12.1 Å². The smallest absolute Gasteiger partial charge is 0.294 e. The van der Waals surface area contributed by atoms with Gasteiger partial charge in [-0.05, 0) is 42.8 Å². The normalized spacial score (nSPS) is 17.5. The lowest BCUT2D eigenvalue weighted by molar-refractivity contribution is -0.121. The number of para-hydroxylation sites is 2. The number of amides is 2. The fraction of sp³-hybridized carbons (Fsp3) is 0.136. The summed E-state index contributed by atoms with van der Waals surface area (Å²) in [5, 5.41) is 1.98. The first-order valence-corrected chi connectivity index (χ1v) is 13.3. The van der Waals surface area contributed by atoms with Crippen LogP contribution >= 0.6 is 34.7 Å². The zero-order chi connectivity index (χ0) is 23.6. The summed E-state index contributed by atoms with van der Waals surface area (Å²) in [6.45, 7) is 1.87. The van der Waals surface area contributed by atoms with E-state index in [0.717, 1.165) is 28.7 Å². The molecule has 0 radical (unpaired) electrons. The molecule has 1 N–H and O–H groups in total. The van der Waals surface area contributed by atoms with E-state index in [-0.39, 0.29) is 21.7 Å². The lowest BCUT2D eigenvalue weighted by Gasteiger charge is -2.16. The van der Waals surface area contributed by atoms with Crippen molar-refractivity contribution >= 4 is 73.1 Å². The molecule has 0 saturated carbocycles. The van der Waals surface area contributed by atoms with E-state index in [2.05, 4.69) is 9.71 Å².